The van der Waals surface area contributed by atoms with Gasteiger partial charge in [-0.25, -0.2) is 0 Å². The summed E-state index contributed by atoms with van der Waals surface area (Å²) in [6.07, 6.45) is 4.25. The van der Waals surface area contributed by atoms with Crippen LogP contribution in [0.25, 0.3) is 0 Å². The first-order chi connectivity index (χ1) is 6.90. The molecule has 15 heavy (non-hydrogen) atoms. The molecule has 0 heterocycles. The van der Waals surface area contributed by atoms with Crippen LogP contribution in [0.3, 0.4) is 0 Å². The Balaban J connectivity index is 4.85. The molecule has 1 nitrogen and oxygen atoms in total. The molecule has 84 valence electrons. The Bertz CT molecular complexity index is 314. The first-order valence-electron chi connectivity index (χ1n) is 5.38. The molecule has 0 radical (unpaired) electrons. The van der Waals surface area contributed by atoms with E-state index in [2.05, 4.69) is 51.4 Å². The summed E-state index contributed by atoms with van der Waals surface area (Å²) in [5.41, 5.74) is 4.58. The Kier molecular flexibility index (Phi) is 5.92. The summed E-state index contributed by atoms with van der Waals surface area (Å²) >= 11 is 0. The molecule has 0 saturated heterocycles. The molecule has 0 aromatic rings. The molecule has 0 aliphatic heterocycles. The van der Waals surface area contributed by atoms with Gasteiger partial charge in [-0.1, -0.05) is 32.6 Å². The zero-order valence-electron chi connectivity index (χ0n) is 10.9. The largest absolute Gasteiger partial charge is 0.293 e. The quantitative estimate of drug-likeness (QED) is 0.482. The third-order valence-electron chi connectivity index (χ3n) is 2.60. The first kappa shape index (κ1) is 13.9. The summed E-state index contributed by atoms with van der Waals surface area (Å²) in [5, 5.41) is 0. The van der Waals surface area contributed by atoms with Crippen molar-refractivity contribution >= 4 is 5.71 Å². The molecule has 0 aliphatic rings. The third-order valence-corrected chi connectivity index (χ3v) is 2.60. The second-order valence-electron chi connectivity index (χ2n) is 4.19. The van der Waals surface area contributed by atoms with Crippen LogP contribution in [0.15, 0.2) is 40.4 Å². The van der Waals surface area contributed by atoms with E-state index in [1.807, 2.05) is 14.0 Å². The van der Waals surface area contributed by atoms with Crippen molar-refractivity contribution in [3.05, 3.63) is 35.5 Å². The lowest BCUT2D eigenvalue weighted by Crippen LogP contribution is -1.97. The molecule has 0 aliphatic carbocycles. The zero-order chi connectivity index (χ0) is 12.0. The Labute approximate surface area is 94.3 Å². The summed E-state index contributed by atoms with van der Waals surface area (Å²) in [6.45, 7) is 14.6. The van der Waals surface area contributed by atoms with Gasteiger partial charge in [-0.05, 0) is 43.4 Å². The van der Waals surface area contributed by atoms with Crippen molar-refractivity contribution in [3.8, 4) is 0 Å². The van der Waals surface area contributed by atoms with Crippen LogP contribution in [0.4, 0.5) is 0 Å². The van der Waals surface area contributed by atoms with Crippen LogP contribution in [0.1, 0.15) is 34.6 Å². The van der Waals surface area contributed by atoms with Crippen LogP contribution in [0.5, 0.6) is 0 Å². The molecule has 0 spiro atoms. The van der Waals surface area contributed by atoms with Gasteiger partial charge in [-0.2, -0.15) is 0 Å². The predicted octanol–water partition coefficient (Wildman–Crippen LogP) is 4.18. The molecule has 0 rings (SSSR count). The molecule has 0 aromatic heterocycles. The summed E-state index contributed by atoms with van der Waals surface area (Å²) in [6, 6.07) is 0. The maximum absolute atomic E-state index is 4.18. The lowest BCUT2D eigenvalue weighted by atomic mass is 10.00. The van der Waals surface area contributed by atoms with Gasteiger partial charge in [0.2, 0.25) is 0 Å². The van der Waals surface area contributed by atoms with Crippen LogP contribution in [-0.4, -0.2) is 12.8 Å². The highest BCUT2D eigenvalue weighted by atomic mass is 14.7. The highest BCUT2D eigenvalue weighted by molar-refractivity contribution is 5.98. The Morgan fingerprint density at radius 2 is 1.67 bits per heavy atom. The average molecular weight is 205 g/mol. The lowest BCUT2D eigenvalue weighted by molar-refractivity contribution is 0.831. The molecule has 0 unspecified atom stereocenters. The molecule has 0 fully saturated rings. The van der Waals surface area contributed by atoms with Gasteiger partial charge in [0.05, 0.1) is 0 Å². The SMILES string of the molecule is C=C(/C=C/C(C)C)/C(C)=C(/C)C(C)=NC. The van der Waals surface area contributed by atoms with Crippen molar-refractivity contribution in [2.45, 2.75) is 34.6 Å². The minimum absolute atomic E-state index is 0.566. The van der Waals surface area contributed by atoms with Crippen molar-refractivity contribution in [2.24, 2.45) is 10.9 Å². The van der Waals surface area contributed by atoms with Gasteiger partial charge < -0.3 is 0 Å². The Morgan fingerprint density at radius 3 is 2.07 bits per heavy atom. The topological polar surface area (TPSA) is 12.4 Å². The van der Waals surface area contributed by atoms with E-state index in [1.165, 1.54) is 11.1 Å². The maximum Gasteiger partial charge on any atom is 0.0345 e. The summed E-state index contributed by atoms with van der Waals surface area (Å²) in [4.78, 5) is 4.18. The molecule has 1 heteroatoms. The van der Waals surface area contributed by atoms with Crippen LogP contribution in [-0.2, 0) is 0 Å². The molecule has 0 amide bonds. The van der Waals surface area contributed by atoms with Gasteiger partial charge >= 0.3 is 0 Å². The molecule has 0 atom stereocenters. The van der Waals surface area contributed by atoms with Crippen molar-refractivity contribution in [1.82, 2.24) is 0 Å². The van der Waals surface area contributed by atoms with Gasteiger partial charge in [0.25, 0.3) is 0 Å². The average Bonchev–Trinajstić information content (AvgIpc) is 2.22. The number of nitrogens with zero attached hydrogens (tertiary/aromatic N) is 1. The molecule has 0 bridgehead atoms. The van der Waals surface area contributed by atoms with Crippen LogP contribution in [0, 0.1) is 5.92 Å². The van der Waals surface area contributed by atoms with Crippen molar-refractivity contribution in [1.29, 1.82) is 0 Å². The van der Waals surface area contributed by atoms with Crippen molar-refractivity contribution < 1.29 is 0 Å². The van der Waals surface area contributed by atoms with Crippen LogP contribution >= 0.6 is 0 Å². The fourth-order valence-corrected chi connectivity index (χ4v) is 1.11. The Hall–Kier alpha value is -1.11. The second kappa shape index (κ2) is 6.39. The van der Waals surface area contributed by atoms with E-state index >= 15 is 0 Å². The highest BCUT2D eigenvalue weighted by Crippen LogP contribution is 2.15. The molecular formula is C14H23N. The lowest BCUT2D eigenvalue weighted by Gasteiger charge is -2.07. The number of hydrogen-bond acceptors (Lipinski definition) is 1. The van der Waals surface area contributed by atoms with E-state index in [9.17, 15) is 0 Å². The minimum atomic E-state index is 0.566. The van der Waals surface area contributed by atoms with E-state index in [4.69, 9.17) is 0 Å². The van der Waals surface area contributed by atoms with E-state index in [-0.39, 0.29) is 0 Å². The number of aliphatic imine (C=N–C) groups is 1. The van der Waals surface area contributed by atoms with E-state index in [0.717, 1.165) is 11.3 Å². The van der Waals surface area contributed by atoms with Crippen LogP contribution in [0.2, 0.25) is 0 Å². The van der Waals surface area contributed by atoms with Crippen LogP contribution < -0.4 is 0 Å². The minimum Gasteiger partial charge on any atom is -0.293 e. The van der Waals surface area contributed by atoms with Gasteiger partial charge in [-0.15, -0.1) is 0 Å². The molecule has 0 aromatic carbocycles. The normalized spacial score (nSPS) is 14.7. The Morgan fingerprint density at radius 1 is 1.13 bits per heavy atom. The molecular weight excluding hydrogens is 182 g/mol. The van der Waals surface area contributed by atoms with E-state index in [1.54, 1.807) is 0 Å². The number of allylic oxidation sites excluding steroid dienone is 5. The fourth-order valence-electron chi connectivity index (χ4n) is 1.11. The summed E-state index contributed by atoms with van der Waals surface area (Å²) < 4.78 is 0. The first-order valence-corrected chi connectivity index (χ1v) is 5.38. The smallest absolute Gasteiger partial charge is 0.0345 e. The van der Waals surface area contributed by atoms with E-state index < -0.39 is 0 Å². The molecule has 0 N–H and O–H groups in total. The monoisotopic (exact) mass is 205 g/mol. The molecule has 0 saturated carbocycles. The van der Waals surface area contributed by atoms with E-state index in [0.29, 0.717) is 5.92 Å². The van der Waals surface area contributed by atoms with Gasteiger partial charge in [0.1, 0.15) is 0 Å². The van der Waals surface area contributed by atoms with Crippen molar-refractivity contribution in [3.63, 3.8) is 0 Å². The summed E-state index contributed by atoms with van der Waals surface area (Å²) in [5.74, 6) is 0.566. The maximum atomic E-state index is 4.18. The summed E-state index contributed by atoms with van der Waals surface area (Å²) in [7, 11) is 1.82. The van der Waals surface area contributed by atoms with Gasteiger partial charge in [0.15, 0.2) is 0 Å². The highest BCUT2D eigenvalue weighted by Gasteiger charge is 2.01. The zero-order valence-corrected chi connectivity index (χ0v) is 10.9. The standard InChI is InChI=1S/C14H23N/c1-10(2)8-9-11(3)12(4)13(5)14(6)15-7/h8-10H,3H2,1-2,4-7H3/b9-8+,13-12-,15-14?. The predicted molar refractivity (Wildman–Crippen MR) is 70.5 cm³/mol. The number of hydrogen-bond donors (Lipinski definition) is 0. The number of rotatable bonds is 4. The van der Waals surface area contributed by atoms with Crippen molar-refractivity contribution in [2.75, 3.05) is 7.05 Å². The second-order valence-corrected chi connectivity index (χ2v) is 4.19. The fraction of sp³-hybridized carbons (Fsp3) is 0.500. The third kappa shape index (κ3) is 4.78. The van der Waals surface area contributed by atoms with Gasteiger partial charge in [-0.3, -0.25) is 4.99 Å². The van der Waals surface area contributed by atoms with Gasteiger partial charge in [0, 0.05) is 12.8 Å².